The number of hydrogen-bond acceptors (Lipinski definition) is 5. The van der Waals surface area contributed by atoms with Crippen molar-refractivity contribution >= 4 is 5.91 Å². The first kappa shape index (κ1) is 18.9. The smallest absolute Gasteiger partial charge is 0.231 e. The lowest BCUT2D eigenvalue weighted by atomic mass is 10.1. The van der Waals surface area contributed by atoms with Crippen molar-refractivity contribution in [3.63, 3.8) is 0 Å². The van der Waals surface area contributed by atoms with Crippen LogP contribution in [-0.2, 0) is 17.8 Å². The van der Waals surface area contributed by atoms with Crippen LogP contribution in [-0.4, -0.2) is 25.9 Å². The van der Waals surface area contributed by atoms with Crippen molar-refractivity contribution in [2.24, 2.45) is 0 Å². The molecule has 144 valence electrons. The Bertz CT molecular complexity index is 790. The summed E-state index contributed by atoms with van der Waals surface area (Å²) >= 11 is 0. The number of hydrogen-bond donors (Lipinski definition) is 1. The maximum Gasteiger partial charge on any atom is 0.231 e. The van der Waals surface area contributed by atoms with Crippen LogP contribution >= 0.6 is 0 Å². The molecule has 6 heteroatoms. The zero-order valence-corrected chi connectivity index (χ0v) is 15.7. The highest BCUT2D eigenvalue weighted by Gasteiger charge is 2.13. The molecule has 0 unspecified atom stereocenters. The molecule has 0 aliphatic carbocycles. The Morgan fingerprint density at radius 1 is 0.963 bits per heavy atom. The molecule has 0 radical (unpaired) electrons. The van der Waals surface area contributed by atoms with Crippen LogP contribution in [0.5, 0.6) is 23.0 Å². The summed E-state index contributed by atoms with van der Waals surface area (Å²) in [5.74, 6) is 2.91. The first-order valence-electron chi connectivity index (χ1n) is 9.23. The summed E-state index contributed by atoms with van der Waals surface area (Å²) in [6.07, 6.45) is 1.05. The lowest BCUT2D eigenvalue weighted by Crippen LogP contribution is -2.23. The molecule has 0 fully saturated rings. The Balaban J connectivity index is 1.50. The Labute approximate surface area is 159 Å². The minimum atomic E-state index is -0.000452. The van der Waals surface area contributed by atoms with E-state index < -0.39 is 0 Å². The van der Waals surface area contributed by atoms with Gasteiger partial charge in [-0.25, -0.2) is 0 Å². The summed E-state index contributed by atoms with van der Waals surface area (Å²) in [5.41, 5.74) is 2.02. The van der Waals surface area contributed by atoms with Crippen LogP contribution in [0.3, 0.4) is 0 Å². The lowest BCUT2D eigenvalue weighted by Gasteiger charge is -2.12. The largest absolute Gasteiger partial charge is 0.490 e. The van der Waals surface area contributed by atoms with E-state index in [9.17, 15) is 4.79 Å². The minimum Gasteiger partial charge on any atom is -0.490 e. The van der Waals surface area contributed by atoms with E-state index in [2.05, 4.69) is 5.32 Å². The number of rotatable bonds is 9. The van der Waals surface area contributed by atoms with Crippen LogP contribution < -0.4 is 24.3 Å². The van der Waals surface area contributed by atoms with Crippen LogP contribution in [0.15, 0.2) is 36.4 Å². The Kier molecular flexibility index (Phi) is 6.41. The van der Waals surface area contributed by atoms with E-state index in [1.807, 2.05) is 50.2 Å². The highest BCUT2D eigenvalue weighted by Crippen LogP contribution is 2.32. The Morgan fingerprint density at radius 3 is 2.52 bits per heavy atom. The molecule has 1 heterocycles. The van der Waals surface area contributed by atoms with Crippen molar-refractivity contribution in [3.8, 4) is 23.0 Å². The quantitative estimate of drug-likeness (QED) is 0.731. The molecule has 6 nitrogen and oxygen atoms in total. The minimum absolute atomic E-state index is 0.000452. The number of amides is 1. The Hall–Kier alpha value is -2.89. The second-order valence-electron chi connectivity index (χ2n) is 6.11. The van der Waals surface area contributed by atoms with E-state index >= 15 is 0 Å². The van der Waals surface area contributed by atoms with Gasteiger partial charge >= 0.3 is 0 Å². The summed E-state index contributed by atoms with van der Waals surface area (Å²) in [7, 11) is 0. The number of fused-ring (bicyclic) bond motifs is 1. The fourth-order valence-corrected chi connectivity index (χ4v) is 2.85. The van der Waals surface area contributed by atoms with Gasteiger partial charge in [0.15, 0.2) is 23.0 Å². The molecule has 3 rings (SSSR count). The highest BCUT2D eigenvalue weighted by atomic mass is 16.7. The molecule has 2 aromatic rings. The van der Waals surface area contributed by atoms with Crippen LogP contribution in [0.2, 0.25) is 0 Å². The lowest BCUT2D eigenvalue weighted by molar-refractivity contribution is -0.121. The van der Waals surface area contributed by atoms with Gasteiger partial charge in [-0.2, -0.15) is 0 Å². The number of nitrogens with one attached hydrogen (secondary N) is 1. The van der Waals surface area contributed by atoms with Gasteiger partial charge in [-0.3, -0.25) is 4.79 Å². The van der Waals surface area contributed by atoms with Crippen molar-refractivity contribution in [1.82, 2.24) is 5.32 Å². The average molecular weight is 371 g/mol. The SMILES string of the molecule is CCOc1ccc(CCC(=O)NCc2ccc3c(c2)OCO3)cc1OCC. The van der Waals surface area contributed by atoms with Crippen molar-refractivity contribution in [2.45, 2.75) is 33.2 Å². The predicted molar refractivity (Wildman–Crippen MR) is 102 cm³/mol. The van der Waals surface area contributed by atoms with E-state index in [0.29, 0.717) is 32.6 Å². The molecule has 27 heavy (non-hydrogen) atoms. The van der Waals surface area contributed by atoms with Gasteiger partial charge in [0.05, 0.1) is 13.2 Å². The normalized spacial score (nSPS) is 11.9. The van der Waals surface area contributed by atoms with E-state index in [1.54, 1.807) is 0 Å². The fraction of sp³-hybridized carbons (Fsp3) is 0.381. The molecule has 0 aromatic heterocycles. The third kappa shape index (κ3) is 5.06. The van der Waals surface area contributed by atoms with E-state index in [-0.39, 0.29) is 12.7 Å². The van der Waals surface area contributed by atoms with Crippen molar-refractivity contribution in [2.75, 3.05) is 20.0 Å². The summed E-state index contributed by atoms with van der Waals surface area (Å²) in [6.45, 7) is 5.74. The van der Waals surface area contributed by atoms with E-state index in [4.69, 9.17) is 18.9 Å². The number of aryl methyl sites for hydroxylation is 1. The number of carbonyl (C=O) groups excluding carboxylic acids is 1. The summed E-state index contributed by atoms with van der Waals surface area (Å²) < 4.78 is 21.8. The predicted octanol–water partition coefficient (Wildman–Crippen LogP) is 3.46. The van der Waals surface area contributed by atoms with Crippen molar-refractivity contribution in [1.29, 1.82) is 0 Å². The number of carbonyl (C=O) groups is 1. The average Bonchev–Trinajstić information content (AvgIpc) is 3.14. The van der Waals surface area contributed by atoms with E-state index in [0.717, 1.165) is 34.1 Å². The van der Waals surface area contributed by atoms with Gasteiger partial charge in [0.1, 0.15) is 0 Å². The van der Waals surface area contributed by atoms with Crippen LogP contribution in [0.25, 0.3) is 0 Å². The molecular weight excluding hydrogens is 346 g/mol. The highest BCUT2D eigenvalue weighted by molar-refractivity contribution is 5.76. The molecule has 0 atom stereocenters. The summed E-state index contributed by atoms with van der Waals surface area (Å²) in [6, 6.07) is 11.5. The number of benzene rings is 2. The fourth-order valence-electron chi connectivity index (χ4n) is 2.85. The second kappa shape index (κ2) is 9.16. The van der Waals surface area contributed by atoms with E-state index in [1.165, 1.54) is 0 Å². The standard InChI is InChI=1S/C21H25NO5/c1-3-24-17-8-5-15(11-19(17)25-4-2)7-10-21(23)22-13-16-6-9-18-20(12-16)27-14-26-18/h5-6,8-9,11-12H,3-4,7,10,13-14H2,1-2H3,(H,22,23). The zero-order valence-electron chi connectivity index (χ0n) is 15.7. The topological polar surface area (TPSA) is 66.0 Å². The van der Waals surface area contributed by atoms with Gasteiger partial charge < -0.3 is 24.3 Å². The van der Waals surface area contributed by atoms with Gasteiger partial charge in [-0.05, 0) is 55.7 Å². The molecule has 1 aliphatic heterocycles. The second-order valence-corrected chi connectivity index (χ2v) is 6.11. The first-order valence-corrected chi connectivity index (χ1v) is 9.23. The molecule has 0 bridgehead atoms. The molecule has 1 aliphatic rings. The molecule has 1 N–H and O–H groups in total. The maximum atomic E-state index is 12.2. The van der Waals surface area contributed by atoms with Crippen LogP contribution in [0, 0.1) is 0 Å². The monoisotopic (exact) mass is 371 g/mol. The van der Waals surface area contributed by atoms with Crippen LogP contribution in [0.4, 0.5) is 0 Å². The molecule has 2 aromatic carbocycles. The van der Waals surface area contributed by atoms with Crippen LogP contribution in [0.1, 0.15) is 31.4 Å². The Morgan fingerprint density at radius 2 is 1.70 bits per heavy atom. The van der Waals surface area contributed by atoms with Gasteiger partial charge in [-0.1, -0.05) is 12.1 Å². The van der Waals surface area contributed by atoms with Gasteiger partial charge in [-0.15, -0.1) is 0 Å². The molecule has 0 spiro atoms. The number of ether oxygens (including phenoxy) is 4. The van der Waals surface area contributed by atoms with Gasteiger partial charge in [0.2, 0.25) is 12.7 Å². The van der Waals surface area contributed by atoms with Gasteiger partial charge in [0.25, 0.3) is 0 Å². The zero-order chi connectivity index (χ0) is 19.1. The van der Waals surface area contributed by atoms with Crippen molar-refractivity contribution < 1.29 is 23.7 Å². The first-order chi connectivity index (χ1) is 13.2. The maximum absolute atomic E-state index is 12.2. The summed E-state index contributed by atoms with van der Waals surface area (Å²) in [5, 5.41) is 2.94. The van der Waals surface area contributed by atoms with Crippen molar-refractivity contribution in [3.05, 3.63) is 47.5 Å². The molecule has 1 amide bonds. The molecule has 0 saturated carbocycles. The third-order valence-corrected chi connectivity index (χ3v) is 4.18. The molecule has 0 saturated heterocycles. The third-order valence-electron chi connectivity index (χ3n) is 4.18. The molecular formula is C21H25NO5. The summed E-state index contributed by atoms with van der Waals surface area (Å²) in [4.78, 5) is 12.2. The van der Waals surface area contributed by atoms with Gasteiger partial charge in [0, 0.05) is 13.0 Å².